The van der Waals surface area contributed by atoms with Crippen LogP contribution in [-0.4, -0.2) is 45.0 Å². The van der Waals surface area contributed by atoms with Gasteiger partial charge in [-0.1, -0.05) is 43.5 Å². The molecular formula is C21H32N2O3S. The van der Waals surface area contributed by atoms with Crippen molar-refractivity contribution in [2.75, 3.05) is 25.9 Å². The van der Waals surface area contributed by atoms with Crippen LogP contribution in [0.15, 0.2) is 24.3 Å². The molecule has 1 saturated carbocycles. The number of carbonyl (C=O) groups excluding carboxylic acids is 1. The average Bonchev–Trinajstić information content (AvgIpc) is 2.67. The maximum absolute atomic E-state index is 13.1. The van der Waals surface area contributed by atoms with Crippen LogP contribution in [0.4, 0.5) is 0 Å². The van der Waals surface area contributed by atoms with Crippen LogP contribution >= 0.6 is 0 Å². The quantitative estimate of drug-likeness (QED) is 0.807. The minimum Gasteiger partial charge on any atom is -0.354 e. The zero-order chi connectivity index (χ0) is 19.5. The molecule has 1 aromatic carbocycles. The van der Waals surface area contributed by atoms with E-state index < -0.39 is 14.6 Å². The molecule has 1 saturated heterocycles. The fraction of sp³-hybridized carbons (Fsp3) is 0.667. The number of rotatable bonds is 5. The molecule has 0 bridgehead atoms. The third kappa shape index (κ3) is 3.92. The van der Waals surface area contributed by atoms with Gasteiger partial charge in [0.2, 0.25) is 5.91 Å². The molecule has 1 aliphatic carbocycles. The molecule has 1 amide bonds. The zero-order valence-electron chi connectivity index (χ0n) is 16.5. The summed E-state index contributed by atoms with van der Waals surface area (Å²) in [5.74, 6) is -0.315. The van der Waals surface area contributed by atoms with Crippen molar-refractivity contribution < 1.29 is 13.2 Å². The maximum Gasteiger partial charge on any atom is 0.241 e. The fourth-order valence-electron chi connectivity index (χ4n) is 4.95. The van der Waals surface area contributed by atoms with Gasteiger partial charge in [0.15, 0.2) is 14.6 Å². The second-order valence-electron chi connectivity index (χ2n) is 8.36. The lowest BCUT2D eigenvalue weighted by Gasteiger charge is -2.41. The number of hydrogen-bond donors (Lipinski definition) is 2. The maximum atomic E-state index is 13.1. The van der Waals surface area contributed by atoms with Gasteiger partial charge in [-0.15, -0.1) is 0 Å². The van der Waals surface area contributed by atoms with Crippen LogP contribution in [0.25, 0.3) is 0 Å². The molecule has 6 heteroatoms. The molecule has 0 atom stereocenters. The zero-order valence-corrected chi connectivity index (χ0v) is 17.3. The van der Waals surface area contributed by atoms with Crippen molar-refractivity contribution in [3.63, 3.8) is 0 Å². The minimum atomic E-state index is -3.48. The van der Waals surface area contributed by atoms with Gasteiger partial charge in [-0.3, -0.25) is 4.79 Å². The van der Waals surface area contributed by atoms with E-state index in [4.69, 9.17) is 0 Å². The number of piperidine rings is 1. The molecule has 3 rings (SSSR count). The Hall–Kier alpha value is -1.40. The van der Waals surface area contributed by atoms with Crippen LogP contribution in [0.2, 0.25) is 0 Å². The third-order valence-corrected chi connectivity index (χ3v) is 8.66. The van der Waals surface area contributed by atoms with Crippen molar-refractivity contribution in [2.24, 2.45) is 0 Å². The first kappa shape index (κ1) is 20.3. The second kappa shape index (κ2) is 7.92. The van der Waals surface area contributed by atoms with Crippen LogP contribution < -0.4 is 10.6 Å². The van der Waals surface area contributed by atoms with Gasteiger partial charge in [0.1, 0.15) is 0 Å². The lowest BCUT2D eigenvalue weighted by atomic mass is 9.68. The van der Waals surface area contributed by atoms with E-state index in [9.17, 15) is 13.2 Å². The van der Waals surface area contributed by atoms with Gasteiger partial charge in [-0.25, -0.2) is 8.42 Å². The lowest BCUT2D eigenvalue weighted by molar-refractivity contribution is -0.124. The van der Waals surface area contributed by atoms with E-state index in [1.165, 1.54) is 23.8 Å². The van der Waals surface area contributed by atoms with Crippen LogP contribution in [-0.2, 0) is 20.0 Å². The van der Waals surface area contributed by atoms with Crippen LogP contribution in [0, 0.1) is 6.92 Å². The Morgan fingerprint density at radius 2 is 1.70 bits per heavy atom. The molecular weight excluding hydrogens is 360 g/mol. The summed E-state index contributed by atoms with van der Waals surface area (Å²) in [5, 5.41) is 6.26. The third-order valence-electron chi connectivity index (χ3n) is 6.65. The van der Waals surface area contributed by atoms with Gasteiger partial charge in [-0.2, -0.15) is 0 Å². The molecule has 2 aliphatic rings. The molecule has 1 heterocycles. The summed E-state index contributed by atoms with van der Waals surface area (Å²) in [6, 6.07) is 8.40. The Morgan fingerprint density at radius 1 is 1.07 bits per heavy atom. The van der Waals surface area contributed by atoms with Crippen molar-refractivity contribution >= 4 is 15.7 Å². The summed E-state index contributed by atoms with van der Waals surface area (Å²) >= 11 is 0. The summed E-state index contributed by atoms with van der Waals surface area (Å²) in [6.45, 7) is 3.76. The standard InChI is InChI=1S/C21H32N2O3S/c1-17-8-4-5-9-18(17)20(10-6-3-7-11-20)16-23-19(24)21(27(2,25)26)12-14-22-15-13-21/h4-5,8-9,22H,3,6-7,10-16H2,1-2H3,(H,23,24). The Bertz CT molecular complexity index is 776. The highest BCUT2D eigenvalue weighted by molar-refractivity contribution is 7.92. The van der Waals surface area contributed by atoms with E-state index in [0.717, 1.165) is 25.7 Å². The van der Waals surface area contributed by atoms with Gasteiger partial charge >= 0.3 is 0 Å². The van der Waals surface area contributed by atoms with Gasteiger partial charge < -0.3 is 10.6 Å². The lowest BCUT2D eigenvalue weighted by Crippen LogP contribution is -2.58. The smallest absolute Gasteiger partial charge is 0.241 e. The molecule has 0 aromatic heterocycles. The summed E-state index contributed by atoms with van der Waals surface area (Å²) in [5.41, 5.74) is 2.45. The molecule has 0 spiro atoms. The number of benzene rings is 1. The van der Waals surface area contributed by atoms with Crippen molar-refractivity contribution in [1.82, 2.24) is 10.6 Å². The first-order valence-corrected chi connectivity index (χ1v) is 11.9. The van der Waals surface area contributed by atoms with E-state index in [-0.39, 0.29) is 11.3 Å². The number of carbonyl (C=O) groups is 1. The van der Waals surface area contributed by atoms with Crippen LogP contribution in [0.3, 0.4) is 0 Å². The molecule has 2 fully saturated rings. The Balaban J connectivity index is 1.85. The molecule has 0 radical (unpaired) electrons. The van der Waals surface area contributed by atoms with Gasteiger partial charge in [-0.05, 0) is 56.8 Å². The molecule has 5 nitrogen and oxygen atoms in total. The fourth-order valence-corrected chi connectivity index (χ4v) is 6.30. The van der Waals surface area contributed by atoms with Crippen LogP contribution in [0.5, 0.6) is 0 Å². The predicted molar refractivity (Wildman–Crippen MR) is 109 cm³/mol. The summed E-state index contributed by atoms with van der Waals surface area (Å²) < 4.78 is 23.7. The summed E-state index contributed by atoms with van der Waals surface area (Å²) in [6.07, 6.45) is 7.47. The first-order chi connectivity index (χ1) is 12.8. The predicted octanol–water partition coefficient (Wildman–Crippen LogP) is 2.48. The minimum absolute atomic E-state index is 0.0924. The highest BCUT2D eigenvalue weighted by atomic mass is 32.2. The highest BCUT2D eigenvalue weighted by Crippen LogP contribution is 2.40. The van der Waals surface area contributed by atoms with E-state index >= 15 is 0 Å². The molecule has 1 aliphatic heterocycles. The number of amides is 1. The Morgan fingerprint density at radius 3 is 2.30 bits per heavy atom. The van der Waals surface area contributed by atoms with Crippen molar-refractivity contribution in [3.8, 4) is 0 Å². The molecule has 27 heavy (non-hydrogen) atoms. The highest BCUT2D eigenvalue weighted by Gasteiger charge is 2.49. The van der Waals surface area contributed by atoms with E-state index in [1.807, 2.05) is 6.07 Å². The van der Waals surface area contributed by atoms with Gasteiger partial charge in [0.25, 0.3) is 0 Å². The molecule has 0 unspecified atom stereocenters. The average molecular weight is 393 g/mol. The van der Waals surface area contributed by atoms with E-state index in [0.29, 0.717) is 32.5 Å². The number of aryl methyl sites for hydroxylation is 1. The van der Waals surface area contributed by atoms with Crippen LogP contribution in [0.1, 0.15) is 56.1 Å². The second-order valence-corrected chi connectivity index (χ2v) is 10.7. The van der Waals surface area contributed by atoms with E-state index in [2.05, 4.69) is 35.8 Å². The monoisotopic (exact) mass is 392 g/mol. The van der Waals surface area contributed by atoms with Gasteiger partial charge in [0.05, 0.1) is 0 Å². The summed E-state index contributed by atoms with van der Waals surface area (Å²) in [7, 11) is -3.48. The van der Waals surface area contributed by atoms with Gasteiger partial charge in [0, 0.05) is 18.2 Å². The number of nitrogens with one attached hydrogen (secondary N) is 2. The van der Waals surface area contributed by atoms with Crippen molar-refractivity contribution in [3.05, 3.63) is 35.4 Å². The molecule has 150 valence electrons. The summed E-state index contributed by atoms with van der Waals surface area (Å²) in [4.78, 5) is 13.1. The number of sulfone groups is 1. The normalized spacial score (nSPS) is 22.1. The largest absolute Gasteiger partial charge is 0.354 e. The van der Waals surface area contributed by atoms with Crippen molar-refractivity contribution in [2.45, 2.75) is 62.0 Å². The number of hydrogen-bond acceptors (Lipinski definition) is 4. The molecule has 2 N–H and O–H groups in total. The Kier molecular flexibility index (Phi) is 5.96. The first-order valence-electron chi connectivity index (χ1n) is 10.1. The van der Waals surface area contributed by atoms with E-state index in [1.54, 1.807) is 0 Å². The Labute approximate surface area is 163 Å². The topological polar surface area (TPSA) is 75.3 Å². The van der Waals surface area contributed by atoms with Crippen molar-refractivity contribution in [1.29, 1.82) is 0 Å². The SMILES string of the molecule is Cc1ccccc1C1(CNC(=O)C2(S(C)(=O)=O)CCNCC2)CCCCC1. The molecule has 1 aromatic rings.